The average molecular weight is 449 g/mol. The number of phenols is 1. The maximum absolute atomic E-state index is 13.3. The Morgan fingerprint density at radius 3 is 2.91 bits per heavy atom. The Balaban J connectivity index is 1.67. The van der Waals surface area contributed by atoms with Crippen LogP contribution in [-0.4, -0.2) is 39.6 Å². The molecule has 2 aromatic heterocycles. The summed E-state index contributed by atoms with van der Waals surface area (Å²) in [5.74, 6) is -1.50. The molecule has 2 aliphatic rings. The molecule has 1 aromatic carbocycles. The van der Waals surface area contributed by atoms with E-state index in [1.807, 2.05) is 6.92 Å². The number of phenolic OH excluding ortho intramolecular Hbond substituents is 1. The largest absolute Gasteiger partial charge is 0.508 e. The highest BCUT2D eigenvalue weighted by Crippen LogP contribution is 2.39. The van der Waals surface area contributed by atoms with Crippen LogP contribution < -0.4 is 10.9 Å². The predicted octanol–water partition coefficient (Wildman–Crippen LogP) is 1.08. The number of nitrogens with one attached hydrogen (secondary N) is 1. The molecule has 5 rings (SSSR count). The molecule has 10 nitrogen and oxygen atoms in total. The molecular weight excluding hydrogens is 430 g/mol. The number of hydrogen-bond acceptors (Lipinski definition) is 8. The number of hydrogen-bond donors (Lipinski definition) is 2. The Morgan fingerprint density at radius 2 is 2.15 bits per heavy atom. The van der Waals surface area contributed by atoms with Gasteiger partial charge >= 0.3 is 11.9 Å². The highest BCUT2D eigenvalue weighted by Gasteiger charge is 2.37. The summed E-state index contributed by atoms with van der Waals surface area (Å²) in [6.07, 6.45) is -0.412. The van der Waals surface area contributed by atoms with Crippen molar-refractivity contribution in [2.45, 2.75) is 32.6 Å². The van der Waals surface area contributed by atoms with E-state index >= 15 is 0 Å². The molecule has 0 saturated carbocycles. The van der Waals surface area contributed by atoms with Crippen molar-refractivity contribution >= 4 is 29.3 Å². The fourth-order valence-corrected chi connectivity index (χ4v) is 4.50. The second-order valence-electron chi connectivity index (χ2n) is 7.80. The van der Waals surface area contributed by atoms with Gasteiger partial charge in [-0.05, 0) is 36.2 Å². The van der Waals surface area contributed by atoms with Crippen molar-refractivity contribution in [1.82, 2.24) is 14.9 Å². The van der Waals surface area contributed by atoms with Crippen LogP contribution in [0.4, 0.5) is 0 Å². The lowest BCUT2D eigenvalue weighted by Crippen LogP contribution is -2.35. The van der Waals surface area contributed by atoms with Crippen molar-refractivity contribution in [1.29, 1.82) is 0 Å². The number of esters is 2. The number of rotatable bonds is 5. The molecule has 33 heavy (non-hydrogen) atoms. The van der Waals surface area contributed by atoms with E-state index in [0.717, 1.165) is 16.5 Å². The normalized spacial score (nSPS) is 15.9. The van der Waals surface area contributed by atoms with Gasteiger partial charge in [-0.3, -0.25) is 14.4 Å². The first-order valence-electron chi connectivity index (χ1n) is 10.4. The van der Waals surface area contributed by atoms with Gasteiger partial charge in [0.2, 0.25) is 12.5 Å². The summed E-state index contributed by atoms with van der Waals surface area (Å²) in [6.45, 7) is 1.63. The predicted molar refractivity (Wildman–Crippen MR) is 114 cm³/mol. The van der Waals surface area contributed by atoms with E-state index in [9.17, 15) is 24.3 Å². The Kier molecular flexibility index (Phi) is 4.85. The van der Waals surface area contributed by atoms with Crippen molar-refractivity contribution in [3.05, 3.63) is 56.9 Å². The molecule has 0 saturated heterocycles. The number of benzene rings is 1. The molecule has 0 spiro atoms. The zero-order valence-electron chi connectivity index (χ0n) is 17.6. The van der Waals surface area contributed by atoms with E-state index in [-0.39, 0.29) is 29.0 Å². The topological polar surface area (TPSA) is 137 Å². The number of amides is 1. The fourth-order valence-electron chi connectivity index (χ4n) is 4.50. The molecule has 1 amide bonds. The zero-order chi connectivity index (χ0) is 23.3. The first kappa shape index (κ1) is 20.7. The zero-order valence-corrected chi connectivity index (χ0v) is 17.6. The van der Waals surface area contributed by atoms with Crippen LogP contribution >= 0.6 is 0 Å². The van der Waals surface area contributed by atoms with Gasteiger partial charge in [0.05, 0.1) is 29.0 Å². The van der Waals surface area contributed by atoms with Gasteiger partial charge < -0.3 is 24.5 Å². The van der Waals surface area contributed by atoms with Gasteiger partial charge in [0, 0.05) is 16.5 Å². The molecule has 2 N–H and O–H groups in total. The lowest BCUT2D eigenvalue weighted by atomic mass is 9.97. The van der Waals surface area contributed by atoms with Gasteiger partial charge in [-0.15, -0.1) is 0 Å². The quantitative estimate of drug-likeness (QED) is 0.341. The minimum atomic E-state index is -1.42. The number of cyclic esters (lactones) is 1. The molecule has 2 aliphatic heterocycles. The number of fused-ring (bicyclic) bond motifs is 5. The number of aromatic hydroxyl groups is 1. The molecule has 10 heteroatoms. The van der Waals surface area contributed by atoms with E-state index in [1.54, 1.807) is 28.8 Å². The number of carbonyl (C=O) groups is 3. The average Bonchev–Trinajstić information content (AvgIpc) is 3.16. The van der Waals surface area contributed by atoms with Crippen LogP contribution in [0.25, 0.3) is 22.3 Å². The van der Waals surface area contributed by atoms with Gasteiger partial charge in [0.25, 0.3) is 5.56 Å². The molecule has 0 aliphatic carbocycles. The third-order valence-corrected chi connectivity index (χ3v) is 5.97. The van der Waals surface area contributed by atoms with Crippen LogP contribution in [0.15, 0.2) is 29.1 Å². The van der Waals surface area contributed by atoms with E-state index in [1.165, 1.54) is 0 Å². The highest BCUT2D eigenvalue weighted by molar-refractivity contribution is 5.89. The van der Waals surface area contributed by atoms with Crippen LogP contribution in [0, 0.1) is 0 Å². The molecule has 1 atom stereocenters. The third-order valence-electron chi connectivity index (χ3n) is 5.97. The summed E-state index contributed by atoms with van der Waals surface area (Å²) in [5, 5.41) is 12.9. The van der Waals surface area contributed by atoms with Crippen molar-refractivity contribution in [2.75, 3.05) is 6.54 Å². The van der Waals surface area contributed by atoms with Crippen LogP contribution in [0.5, 0.6) is 5.75 Å². The number of pyridine rings is 2. The first-order chi connectivity index (χ1) is 15.9. The number of nitrogens with zero attached hydrogens (tertiary/aromatic N) is 2. The maximum Gasteiger partial charge on any atom is 0.352 e. The summed E-state index contributed by atoms with van der Waals surface area (Å²) >= 11 is 0. The second kappa shape index (κ2) is 7.73. The van der Waals surface area contributed by atoms with Gasteiger partial charge in [0.15, 0.2) is 0 Å². The van der Waals surface area contributed by atoms with Crippen LogP contribution in [0.3, 0.4) is 0 Å². The number of ether oxygens (including phenoxy) is 2. The van der Waals surface area contributed by atoms with E-state index < -0.39 is 24.6 Å². The minimum Gasteiger partial charge on any atom is -0.508 e. The first-order valence-corrected chi connectivity index (χ1v) is 10.4. The molecule has 0 fully saturated rings. The summed E-state index contributed by atoms with van der Waals surface area (Å²) in [6, 6.07) is 6.57. The number of carbonyl (C=O) groups excluding carboxylic acids is 3. The fraction of sp³-hybridized carbons (Fsp3) is 0.261. The summed E-state index contributed by atoms with van der Waals surface area (Å²) in [5.41, 5.74) is 3.76. The molecular formula is C23H19N3O7. The highest BCUT2D eigenvalue weighted by atomic mass is 16.6. The Morgan fingerprint density at radius 1 is 1.33 bits per heavy atom. The van der Waals surface area contributed by atoms with E-state index in [4.69, 9.17) is 14.5 Å². The Labute approximate surface area is 186 Å². The van der Waals surface area contributed by atoms with E-state index in [0.29, 0.717) is 36.3 Å². The van der Waals surface area contributed by atoms with Gasteiger partial charge in [0.1, 0.15) is 18.9 Å². The molecule has 0 unspecified atom stereocenters. The lowest BCUT2D eigenvalue weighted by molar-refractivity contribution is -0.171. The number of aryl methyl sites for hydroxylation is 1. The van der Waals surface area contributed by atoms with Crippen molar-refractivity contribution < 1.29 is 29.0 Å². The minimum absolute atomic E-state index is 0.131. The standard InChI is InChI=1S/C23H19N3O7/c1-2-12-13-5-11(28)3-4-17(13)25-20-15(12)8-26-18(20)6-14-16(22(26)30)9-32-23(31)21(14)33-19(29)7-24-10-27/h3-6,10,21,28H,2,7-9H2,1H3,(H,24,27)/t21-/m0/s1. The van der Waals surface area contributed by atoms with Crippen LogP contribution in [0.1, 0.15) is 35.3 Å². The lowest BCUT2D eigenvalue weighted by Gasteiger charge is -2.25. The van der Waals surface area contributed by atoms with Crippen molar-refractivity contribution in [3.8, 4) is 17.1 Å². The van der Waals surface area contributed by atoms with Gasteiger partial charge in [-0.25, -0.2) is 9.78 Å². The smallest absolute Gasteiger partial charge is 0.352 e. The second-order valence-corrected chi connectivity index (χ2v) is 7.80. The Bertz CT molecular complexity index is 1410. The van der Waals surface area contributed by atoms with Crippen molar-refractivity contribution in [3.63, 3.8) is 0 Å². The summed E-state index contributed by atoms with van der Waals surface area (Å²) < 4.78 is 11.9. The van der Waals surface area contributed by atoms with Gasteiger partial charge in [-0.1, -0.05) is 6.92 Å². The molecule has 0 radical (unpaired) electrons. The van der Waals surface area contributed by atoms with Crippen molar-refractivity contribution in [2.24, 2.45) is 0 Å². The SMILES string of the molecule is CCc1c2c(nc3ccc(O)cc13)-c1cc3c(c(=O)n1C2)COC(=O)[C@H]3OC(=O)CNC=O. The third kappa shape index (κ3) is 3.22. The molecule has 3 aromatic rings. The maximum atomic E-state index is 13.3. The van der Waals surface area contributed by atoms with Crippen LogP contribution in [-0.2, 0) is 43.4 Å². The monoisotopic (exact) mass is 449 g/mol. The Hall–Kier alpha value is -4.21. The molecule has 168 valence electrons. The molecule has 0 bridgehead atoms. The summed E-state index contributed by atoms with van der Waals surface area (Å²) in [7, 11) is 0. The number of aromatic nitrogens is 2. The summed E-state index contributed by atoms with van der Waals surface area (Å²) in [4.78, 5) is 52.9. The van der Waals surface area contributed by atoms with Gasteiger partial charge in [-0.2, -0.15) is 0 Å². The molecule has 4 heterocycles. The van der Waals surface area contributed by atoms with E-state index in [2.05, 4.69) is 5.32 Å². The van der Waals surface area contributed by atoms with Crippen LogP contribution in [0.2, 0.25) is 0 Å².